The van der Waals surface area contributed by atoms with Crippen molar-refractivity contribution in [3.05, 3.63) is 58.4 Å². The average Bonchev–Trinajstić information content (AvgIpc) is 3.37. The van der Waals surface area contributed by atoms with E-state index in [2.05, 4.69) is 79.8 Å². The lowest BCUT2D eigenvalue weighted by molar-refractivity contribution is -0.738. The number of anilines is 1. The van der Waals surface area contributed by atoms with Gasteiger partial charge in [-0.3, -0.25) is 0 Å². The lowest BCUT2D eigenvalue weighted by Gasteiger charge is -2.26. The molecule has 2 fully saturated rings. The highest BCUT2D eigenvalue weighted by atomic mass is 32.2. The molecule has 2 bridgehead atoms. The molecule has 4 atom stereocenters. The number of benzene rings is 1. The van der Waals surface area contributed by atoms with Crippen LogP contribution in [0.25, 0.3) is 6.08 Å². The minimum Gasteiger partial charge on any atom is -0.338 e. The third kappa shape index (κ3) is 2.99. The van der Waals surface area contributed by atoms with Crippen LogP contribution < -0.4 is 9.47 Å². The van der Waals surface area contributed by atoms with Gasteiger partial charge in [-0.05, 0) is 61.8 Å². The molecule has 2 heterocycles. The lowest BCUT2D eigenvalue weighted by atomic mass is 9.83. The molecule has 3 aliphatic rings. The van der Waals surface area contributed by atoms with E-state index < -0.39 is 0 Å². The Labute approximate surface area is 173 Å². The number of aromatic nitrogens is 1. The zero-order valence-electron chi connectivity index (χ0n) is 17.5. The van der Waals surface area contributed by atoms with Gasteiger partial charge in [0.15, 0.2) is 17.4 Å². The van der Waals surface area contributed by atoms with Crippen molar-refractivity contribution in [3.63, 3.8) is 0 Å². The molecule has 0 amide bonds. The van der Waals surface area contributed by atoms with Crippen LogP contribution in [-0.2, 0) is 0 Å². The first kappa shape index (κ1) is 18.3. The van der Waals surface area contributed by atoms with Gasteiger partial charge >= 0.3 is 0 Å². The van der Waals surface area contributed by atoms with Crippen molar-refractivity contribution in [1.29, 1.82) is 0 Å². The first-order valence-corrected chi connectivity index (χ1v) is 11.6. The zero-order chi connectivity index (χ0) is 19.4. The number of aryl methyl sites for hydroxylation is 2. The topological polar surface area (TPSA) is 7.12 Å². The molecular formula is C25H31N2S+. The first-order chi connectivity index (χ1) is 13.5. The third-order valence-electron chi connectivity index (χ3n) is 7.39. The standard InChI is InChI=1S/C25H31N2S/c1-16-11-20(15-25-26(4)23-7-5-6-8-24(23)28-25)12-17(2)27(16)18(3)22-14-19-9-10-21(22)13-19/h5-8,11-12,15,18-19,21-22H,9-10,13-14H2,1-4H3/q+1/t18-,19-,21-,22-/m0/s1. The Morgan fingerprint density at radius 2 is 1.86 bits per heavy atom. The second-order valence-electron chi connectivity index (χ2n) is 9.13. The van der Waals surface area contributed by atoms with Crippen LogP contribution >= 0.6 is 11.8 Å². The van der Waals surface area contributed by atoms with E-state index in [-0.39, 0.29) is 0 Å². The zero-order valence-corrected chi connectivity index (χ0v) is 18.3. The summed E-state index contributed by atoms with van der Waals surface area (Å²) in [5, 5.41) is 1.30. The van der Waals surface area contributed by atoms with Gasteiger partial charge in [-0.25, -0.2) is 0 Å². The maximum absolute atomic E-state index is 2.60. The maximum Gasteiger partial charge on any atom is 0.179 e. The van der Waals surface area contributed by atoms with Crippen molar-refractivity contribution in [2.24, 2.45) is 17.8 Å². The van der Waals surface area contributed by atoms with Crippen molar-refractivity contribution >= 4 is 23.5 Å². The Kier molecular flexibility index (Phi) is 4.54. The molecule has 28 heavy (non-hydrogen) atoms. The number of rotatable bonds is 3. The summed E-state index contributed by atoms with van der Waals surface area (Å²) in [6, 6.07) is 14.0. The number of pyridine rings is 1. The fourth-order valence-electron chi connectivity index (χ4n) is 6.13. The minimum absolute atomic E-state index is 0.616. The Hall–Kier alpha value is -1.74. The summed E-state index contributed by atoms with van der Waals surface area (Å²) in [5.74, 6) is 2.85. The summed E-state index contributed by atoms with van der Waals surface area (Å²) in [5.41, 5.74) is 5.41. The van der Waals surface area contributed by atoms with Crippen LogP contribution in [0.15, 0.2) is 46.3 Å². The molecule has 2 aliphatic carbocycles. The molecule has 2 saturated carbocycles. The van der Waals surface area contributed by atoms with E-state index in [9.17, 15) is 0 Å². The van der Waals surface area contributed by atoms with E-state index in [1.54, 1.807) is 0 Å². The highest BCUT2D eigenvalue weighted by molar-refractivity contribution is 8.03. The molecule has 0 saturated heterocycles. The van der Waals surface area contributed by atoms with Crippen LogP contribution in [0, 0.1) is 31.6 Å². The average molecular weight is 392 g/mol. The predicted molar refractivity (Wildman–Crippen MR) is 118 cm³/mol. The number of hydrogen-bond acceptors (Lipinski definition) is 2. The van der Waals surface area contributed by atoms with Crippen LogP contribution in [0.3, 0.4) is 0 Å². The van der Waals surface area contributed by atoms with Gasteiger partial charge in [0, 0.05) is 43.8 Å². The highest BCUT2D eigenvalue weighted by Gasteiger charge is 2.45. The van der Waals surface area contributed by atoms with Gasteiger partial charge in [0.05, 0.1) is 10.7 Å². The van der Waals surface area contributed by atoms with Crippen LogP contribution in [0.1, 0.15) is 55.6 Å². The van der Waals surface area contributed by atoms with Gasteiger partial charge in [0.25, 0.3) is 0 Å². The largest absolute Gasteiger partial charge is 0.338 e. The molecular weight excluding hydrogens is 360 g/mol. The minimum atomic E-state index is 0.616. The number of para-hydroxylation sites is 1. The van der Waals surface area contributed by atoms with Crippen molar-refractivity contribution in [2.75, 3.05) is 11.9 Å². The maximum atomic E-state index is 2.60. The molecule has 5 rings (SSSR count). The summed E-state index contributed by atoms with van der Waals surface area (Å²) in [4.78, 5) is 3.66. The monoisotopic (exact) mass is 391 g/mol. The SMILES string of the molecule is Cc1cc(C=C2Sc3ccccc3N2C)cc(C)[n+]1[C@@H](C)[C@@H]1C[C@H]2CC[C@H]1C2. The fourth-order valence-corrected chi connectivity index (χ4v) is 7.24. The molecule has 1 aromatic heterocycles. The van der Waals surface area contributed by atoms with Gasteiger partial charge in [0.1, 0.15) is 0 Å². The van der Waals surface area contributed by atoms with E-state index in [1.807, 2.05) is 11.8 Å². The highest BCUT2D eigenvalue weighted by Crippen LogP contribution is 2.51. The summed E-state index contributed by atoms with van der Waals surface area (Å²) in [6.07, 6.45) is 8.23. The van der Waals surface area contributed by atoms with Gasteiger partial charge < -0.3 is 4.90 Å². The Bertz CT molecular complexity index is 924. The lowest BCUT2D eigenvalue weighted by Crippen LogP contribution is -2.48. The molecule has 0 spiro atoms. The van der Waals surface area contributed by atoms with E-state index in [1.165, 1.54) is 58.2 Å². The van der Waals surface area contributed by atoms with E-state index >= 15 is 0 Å². The second-order valence-corrected chi connectivity index (χ2v) is 10.2. The first-order valence-electron chi connectivity index (χ1n) is 10.8. The quantitative estimate of drug-likeness (QED) is 0.581. The molecule has 0 N–H and O–H groups in total. The molecule has 2 nitrogen and oxygen atoms in total. The predicted octanol–water partition coefficient (Wildman–Crippen LogP) is 6.13. The van der Waals surface area contributed by atoms with Crippen LogP contribution in [0.2, 0.25) is 0 Å². The van der Waals surface area contributed by atoms with Gasteiger partial charge in [0.2, 0.25) is 0 Å². The van der Waals surface area contributed by atoms with Gasteiger partial charge in [-0.1, -0.05) is 30.3 Å². The van der Waals surface area contributed by atoms with E-state index in [4.69, 9.17) is 0 Å². The number of hydrogen-bond donors (Lipinski definition) is 0. The van der Waals surface area contributed by atoms with Crippen LogP contribution in [0.4, 0.5) is 5.69 Å². The van der Waals surface area contributed by atoms with E-state index in [0.29, 0.717) is 6.04 Å². The molecule has 146 valence electrons. The number of fused-ring (bicyclic) bond motifs is 3. The van der Waals surface area contributed by atoms with Crippen molar-refractivity contribution in [1.82, 2.24) is 0 Å². The summed E-state index contributed by atoms with van der Waals surface area (Å²) in [7, 11) is 2.17. The van der Waals surface area contributed by atoms with Crippen LogP contribution in [-0.4, -0.2) is 7.05 Å². The van der Waals surface area contributed by atoms with Crippen molar-refractivity contribution in [3.8, 4) is 0 Å². The summed E-state index contributed by atoms with van der Waals surface area (Å²) < 4.78 is 2.60. The molecule has 3 heteroatoms. The molecule has 2 aromatic rings. The normalized spacial score (nSPS) is 28.2. The summed E-state index contributed by atoms with van der Waals surface area (Å²) in [6.45, 7) is 7.04. The Morgan fingerprint density at radius 1 is 1.11 bits per heavy atom. The fraction of sp³-hybridized carbons (Fsp3) is 0.480. The van der Waals surface area contributed by atoms with Gasteiger partial charge in [-0.2, -0.15) is 4.57 Å². The Morgan fingerprint density at radius 3 is 2.50 bits per heavy atom. The smallest absolute Gasteiger partial charge is 0.179 e. The second kappa shape index (κ2) is 6.95. The molecule has 0 radical (unpaired) electrons. The number of thioether (sulfide) groups is 1. The van der Waals surface area contributed by atoms with Crippen molar-refractivity contribution < 1.29 is 4.57 Å². The van der Waals surface area contributed by atoms with E-state index in [0.717, 1.165) is 17.8 Å². The van der Waals surface area contributed by atoms with Crippen LogP contribution in [0.5, 0.6) is 0 Å². The van der Waals surface area contributed by atoms with Crippen molar-refractivity contribution in [2.45, 2.75) is 57.4 Å². The molecule has 1 aromatic carbocycles. The Balaban J connectivity index is 1.43. The number of nitrogens with zero attached hydrogens (tertiary/aromatic N) is 2. The summed E-state index contributed by atoms with van der Waals surface area (Å²) >= 11 is 1.87. The van der Waals surface area contributed by atoms with Gasteiger partial charge in [-0.15, -0.1) is 0 Å². The third-order valence-corrected chi connectivity index (χ3v) is 8.56. The molecule has 0 unspecified atom stereocenters. The molecule has 1 aliphatic heterocycles.